The van der Waals surface area contributed by atoms with Crippen LogP contribution in [-0.2, 0) is 0 Å². The molecule has 1 aromatic carbocycles. The number of pyridine rings is 1. The second kappa shape index (κ2) is 3.34. The van der Waals surface area contributed by atoms with Crippen molar-refractivity contribution in [3.05, 3.63) is 45.0 Å². The Morgan fingerprint density at radius 1 is 1.36 bits per heavy atom. The molecule has 0 fully saturated rings. The fourth-order valence-electron chi connectivity index (χ4n) is 1.27. The second-order valence-electron chi connectivity index (χ2n) is 2.72. The van der Waals surface area contributed by atoms with E-state index >= 15 is 0 Å². The zero-order valence-corrected chi connectivity index (χ0v) is 8.56. The molecule has 1 aromatic heterocycles. The molecule has 0 bridgehead atoms. The molecule has 2 rings (SSSR count). The van der Waals surface area contributed by atoms with Gasteiger partial charge in [0, 0.05) is 22.1 Å². The van der Waals surface area contributed by atoms with Crippen LogP contribution in [0.2, 0.25) is 0 Å². The summed E-state index contributed by atoms with van der Waals surface area (Å²) >= 11 is 3.32. The van der Waals surface area contributed by atoms with E-state index < -0.39 is 4.92 Å². The lowest BCUT2D eigenvalue weighted by molar-refractivity contribution is -0.383. The number of halogens is 1. The monoisotopic (exact) mass is 252 g/mol. The van der Waals surface area contributed by atoms with E-state index in [9.17, 15) is 10.1 Å². The Balaban J connectivity index is 2.88. The highest BCUT2D eigenvalue weighted by atomic mass is 79.9. The van der Waals surface area contributed by atoms with E-state index in [4.69, 9.17) is 0 Å². The number of non-ortho nitro benzene ring substituents is 1. The van der Waals surface area contributed by atoms with Crippen molar-refractivity contribution in [2.75, 3.05) is 0 Å². The smallest absolute Gasteiger partial charge is 0.258 e. The molecule has 2 aromatic rings. The summed E-state index contributed by atoms with van der Waals surface area (Å²) in [5, 5.41) is 11.4. The minimum Gasteiger partial charge on any atom is -0.258 e. The summed E-state index contributed by atoms with van der Waals surface area (Å²) in [6.45, 7) is 0. The minimum atomic E-state index is -0.429. The summed E-state index contributed by atoms with van der Waals surface area (Å²) in [7, 11) is 0. The molecular weight excluding hydrogens is 248 g/mol. The normalized spacial score (nSPS) is 10.4. The van der Waals surface area contributed by atoms with Gasteiger partial charge in [-0.1, -0.05) is 28.1 Å². The van der Waals surface area contributed by atoms with E-state index in [1.165, 1.54) is 6.07 Å². The first kappa shape index (κ1) is 9.08. The summed E-state index contributed by atoms with van der Waals surface area (Å²) in [4.78, 5) is 14.2. The van der Waals surface area contributed by atoms with Crippen molar-refractivity contribution < 1.29 is 4.92 Å². The van der Waals surface area contributed by atoms with E-state index in [1.54, 1.807) is 24.4 Å². The van der Waals surface area contributed by atoms with Crippen LogP contribution in [0.3, 0.4) is 0 Å². The average Bonchev–Trinajstić information content (AvgIpc) is 2.17. The van der Waals surface area contributed by atoms with Crippen molar-refractivity contribution in [2.45, 2.75) is 0 Å². The Morgan fingerprint density at radius 3 is 2.86 bits per heavy atom. The minimum absolute atomic E-state index is 0.0313. The van der Waals surface area contributed by atoms with E-state index in [0.717, 1.165) is 9.86 Å². The maximum Gasteiger partial charge on any atom is 0.295 e. The Labute approximate surface area is 87.9 Å². The topological polar surface area (TPSA) is 56.0 Å². The van der Waals surface area contributed by atoms with Gasteiger partial charge >= 0.3 is 0 Å². The Kier molecular flexibility index (Phi) is 2.17. The lowest BCUT2D eigenvalue weighted by Crippen LogP contribution is -1.91. The highest BCUT2D eigenvalue weighted by Gasteiger charge is 2.12. The van der Waals surface area contributed by atoms with Gasteiger partial charge in [-0.05, 0) is 6.07 Å². The molecule has 0 atom stereocenters. The Hall–Kier alpha value is -1.49. The number of nitrogens with zero attached hydrogens (tertiary/aromatic N) is 2. The van der Waals surface area contributed by atoms with Crippen LogP contribution < -0.4 is 0 Å². The van der Waals surface area contributed by atoms with Gasteiger partial charge in [0.05, 0.1) is 4.92 Å². The molecular formula is C9H5BrN2O2. The third-order valence-corrected chi connectivity index (χ3v) is 2.58. The average molecular weight is 253 g/mol. The molecule has 5 heteroatoms. The lowest BCUT2D eigenvalue weighted by atomic mass is 10.2. The molecule has 0 saturated heterocycles. The number of aromatic nitrogens is 1. The van der Waals surface area contributed by atoms with Crippen molar-refractivity contribution >= 4 is 32.5 Å². The Bertz CT molecular complexity index is 513. The molecule has 0 unspecified atom stereocenters. The largest absolute Gasteiger partial charge is 0.295 e. The van der Waals surface area contributed by atoms with Crippen LogP contribution in [0, 0.1) is 10.1 Å². The van der Waals surface area contributed by atoms with Crippen molar-refractivity contribution in [1.29, 1.82) is 0 Å². The Morgan fingerprint density at radius 2 is 2.14 bits per heavy atom. The zero-order chi connectivity index (χ0) is 10.1. The van der Waals surface area contributed by atoms with E-state index in [2.05, 4.69) is 20.9 Å². The first-order valence-electron chi connectivity index (χ1n) is 3.88. The summed E-state index contributed by atoms with van der Waals surface area (Å²) in [6, 6.07) is 6.64. The summed E-state index contributed by atoms with van der Waals surface area (Å²) in [5.74, 6) is 0. The molecule has 4 nitrogen and oxygen atoms in total. The molecule has 0 N–H and O–H groups in total. The lowest BCUT2D eigenvalue weighted by Gasteiger charge is -1.99. The van der Waals surface area contributed by atoms with Crippen molar-refractivity contribution in [1.82, 2.24) is 4.98 Å². The first-order valence-corrected chi connectivity index (χ1v) is 4.67. The maximum atomic E-state index is 10.7. The summed E-state index contributed by atoms with van der Waals surface area (Å²) in [5.41, 5.74) is 0.440. The highest BCUT2D eigenvalue weighted by molar-refractivity contribution is 9.10. The third-order valence-electron chi connectivity index (χ3n) is 1.89. The third kappa shape index (κ3) is 1.35. The molecule has 0 aliphatic heterocycles. The molecule has 0 aliphatic rings. The maximum absolute atomic E-state index is 10.7. The standard InChI is InChI=1S/C9H5BrN2O2/c10-7-4-5-11-9-6(7)2-1-3-8(9)12(13)14/h1-5H. The van der Waals surface area contributed by atoms with Gasteiger partial charge in [0.2, 0.25) is 0 Å². The van der Waals surface area contributed by atoms with Crippen LogP contribution >= 0.6 is 15.9 Å². The summed E-state index contributed by atoms with van der Waals surface area (Å²) < 4.78 is 0.811. The van der Waals surface area contributed by atoms with Gasteiger partial charge in [-0.3, -0.25) is 10.1 Å². The number of hydrogen-bond acceptors (Lipinski definition) is 3. The van der Waals surface area contributed by atoms with Crippen LogP contribution in [0.25, 0.3) is 10.9 Å². The molecule has 1 heterocycles. The molecule has 0 saturated carbocycles. The van der Waals surface area contributed by atoms with Crippen LogP contribution in [0.4, 0.5) is 5.69 Å². The molecule has 0 aliphatic carbocycles. The van der Waals surface area contributed by atoms with Crippen LogP contribution in [0.1, 0.15) is 0 Å². The number of nitro benzene ring substituents is 1. The van der Waals surface area contributed by atoms with Gasteiger partial charge in [0.1, 0.15) is 5.52 Å². The second-order valence-corrected chi connectivity index (χ2v) is 3.58. The zero-order valence-electron chi connectivity index (χ0n) is 6.98. The predicted molar refractivity (Wildman–Crippen MR) is 56.1 cm³/mol. The molecule has 0 radical (unpaired) electrons. The van der Waals surface area contributed by atoms with Crippen LogP contribution in [-0.4, -0.2) is 9.91 Å². The fraction of sp³-hybridized carbons (Fsp3) is 0. The van der Waals surface area contributed by atoms with Crippen molar-refractivity contribution in [3.63, 3.8) is 0 Å². The first-order chi connectivity index (χ1) is 6.70. The predicted octanol–water partition coefficient (Wildman–Crippen LogP) is 2.91. The van der Waals surface area contributed by atoms with E-state index in [-0.39, 0.29) is 5.69 Å². The van der Waals surface area contributed by atoms with Gasteiger partial charge in [-0.25, -0.2) is 4.98 Å². The number of nitro groups is 1. The van der Waals surface area contributed by atoms with Gasteiger partial charge in [0.15, 0.2) is 0 Å². The molecule has 14 heavy (non-hydrogen) atoms. The number of hydrogen-bond donors (Lipinski definition) is 0. The number of rotatable bonds is 1. The summed E-state index contributed by atoms with van der Waals surface area (Å²) in [6.07, 6.45) is 1.54. The van der Waals surface area contributed by atoms with E-state index in [1.807, 2.05) is 0 Å². The number of benzene rings is 1. The quantitative estimate of drug-likeness (QED) is 0.579. The van der Waals surface area contributed by atoms with Crippen LogP contribution in [0.15, 0.2) is 34.9 Å². The van der Waals surface area contributed by atoms with Crippen LogP contribution in [0.5, 0.6) is 0 Å². The van der Waals surface area contributed by atoms with Gasteiger partial charge in [0.25, 0.3) is 5.69 Å². The van der Waals surface area contributed by atoms with Gasteiger partial charge < -0.3 is 0 Å². The molecule has 0 spiro atoms. The van der Waals surface area contributed by atoms with Gasteiger partial charge in [-0.2, -0.15) is 0 Å². The number of para-hydroxylation sites is 1. The van der Waals surface area contributed by atoms with Crippen molar-refractivity contribution in [3.8, 4) is 0 Å². The fourth-order valence-corrected chi connectivity index (χ4v) is 1.71. The van der Waals surface area contributed by atoms with Crippen molar-refractivity contribution in [2.24, 2.45) is 0 Å². The van der Waals surface area contributed by atoms with E-state index in [0.29, 0.717) is 5.52 Å². The SMILES string of the molecule is O=[N+]([O-])c1cccc2c(Br)ccnc12. The number of fused-ring (bicyclic) bond motifs is 1. The molecule has 70 valence electrons. The molecule has 0 amide bonds. The highest BCUT2D eigenvalue weighted by Crippen LogP contribution is 2.28. The van der Waals surface area contributed by atoms with Gasteiger partial charge in [-0.15, -0.1) is 0 Å².